The Hall–Kier alpha value is -1.40. The van der Waals surface area contributed by atoms with Crippen LogP contribution in [0, 0.1) is 5.92 Å². The maximum atomic E-state index is 12.6. The van der Waals surface area contributed by atoms with Crippen molar-refractivity contribution in [1.82, 2.24) is 14.7 Å². The third kappa shape index (κ3) is 2.96. The van der Waals surface area contributed by atoms with Crippen molar-refractivity contribution < 1.29 is 14.6 Å². The largest absolute Gasteiger partial charge is 0.387 e. The molecule has 1 N–H and O–H groups in total. The number of aliphatic hydroxyl groups is 1. The third-order valence-electron chi connectivity index (χ3n) is 4.43. The highest BCUT2D eigenvalue weighted by molar-refractivity contribution is 5.79. The zero-order valence-corrected chi connectivity index (χ0v) is 12.5. The summed E-state index contributed by atoms with van der Waals surface area (Å²) >= 11 is 0. The first kappa shape index (κ1) is 14.5. The molecule has 2 aliphatic rings. The molecule has 21 heavy (non-hydrogen) atoms. The minimum atomic E-state index is -0.511. The van der Waals surface area contributed by atoms with E-state index in [0.29, 0.717) is 45.0 Å². The predicted molar refractivity (Wildman–Crippen MR) is 76.4 cm³/mol. The first-order valence-electron chi connectivity index (χ1n) is 7.80. The molecule has 0 saturated carbocycles. The van der Waals surface area contributed by atoms with Crippen LogP contribution in [-0.4, -0.2) is 45.5 Å². The molecule has 1 saturated heterocycles. The van der Waals surface area contributed by atoms with E-state index in [0.717, 1.165) is 18.5 Å². The number of fused-ring (bicyclic) bond motifs is 1. The van der Waals surface area contributed by atoms with E-state index in [2.05, 4.69) is 5.10 Å². The van der Waals surface area contributed by atoms with Gasteiger partial charge in [0, 0.05) is 25.7 Å². The summed E-state index contributed by atoms with van der Waals surface area (Å²) < 4.78 is 7.24. The molecule has 1 aromatic rings. The second-order valence-corrected chi connectivity index (χ2v) is 5.85. The monoisotopic (exact) mass is 293 g/mol. The number of ether oxygens (including phenoxy) is 1. The van der Waals surface area contributed by atoms with Gasteiger partial charge in [-0.2, -0.15) is 5.10 Å². The van der Waals surface area contributed by atoms with Gasteiger partial charge in [-0.1, -0.05) is 6.92 Å². The summed E-state index contributed by atoms with van der Waals surface area (Å²) in [6, 6.07) is 1.93. The average Bonchev–Trinajstić information content (AvgIpc) is 2.97. The number of amides is 1. The highest BCUT2D eigenvalue weighted by atomic mass is 16.5. The second kappa shape index (κ2) is 6.15. The van der Waals surface area contributed by atoms with Gasteiger partial charge < -0.3 is 14.7 Å². The lowest BCUT2D eigenvalue weighted by molar-refractivity contribution is -0.140. The number of nitrogens with zero attached hydrogens (tertiary/aromatic N) is 3. The summed E-state index contributed by atoms with van der Waals surface area (Å²) in [6.45, 7) is 5.32. The molecule has 0 aliphatic carbocycles. The van der Waals surface area contributed by atoms with E-state index in [-0.39, 0.29) is 11.8 Å². The zero-order chi connectivity index (χ0) is 14.8. The van der Waals surface area contributed by atoms with Crippen molar-refractivity contribution in [3.8, 4) is 0 Å². The SMILES string of the molecule is CC[C@@H](O)c1cc2n(n1)CCN(C(=O)C1CCOCC1)C2. The average molecular weight is 293 g/mol. The maximum absolute atomic E-state index is 12.6. The number of hydrogen-bond donors (Lipinski definition) is 1. The van der Waals surface area contributed by atoms with Gasteiger partial charge in [-0.3, -0.25) is 9.48 Å². The van der Waals surface area contributed by atoms with Crippen LogP contribution >= 0.6 is 0 Å². The van der Waals surface area contributed by atoms with E-state index in [1.165, 1.54) is 0 Å². The van der Waals surface area contributed by atoms with Crippen LogP contribution in [-0.2, 0) is 22.6 Å². The minimum Gasteiger partial charge on any atom is -0.387 e. The maximum Gasteiger partial charge on any atom is 0.226 e. The van der Waals surface area contributed by atoms with Gasteiger partial charge in [0.25, 0.3) is 0 Å². The molecule has 1 fully saturated rings. The van der Waals surface area contributed by atoms with Gasteiger partial charge in [0.05, 0.1) is 30.6 Å². The van der Waals surface area contributed by atoms with Gasteiger partial charge in [-0.15, -0.1) is 0 Å². The topological polar surface area (TPSA) is 67.6 Å². The van der Waals surface area contributed by atoms with E-state index >= 15 is 0 Å². The van der Waals surface area contributed by atoms with Crippen LogP contribution in [0.4, 0.5) is 0 Å². The van der Waals surface area contributed by atoms with Crippen molar-refractivity contribution in [3.05, 3.63) is 17.5 Å². The minimum absolute atomic E-state index is 0.105. The molecule has 0 spiro atoms. The molecule has 1 atom stereocenters. The highest BCUT2D eigenvalue weighted by Crippen LogP contribution is 2.23. The van der Waals surface area contributed by atoms with Crippen molar-refractivity contribution in [2.75, 3.05) is 19.8 Å². The molecule has 0 aromatic carbocycles. The van der Waals surface area contributed by atoms with Crippen LogP contribution in [0.1, 0.15) is 43.7 Å². The van der Waals surface area contributed by atoms with Gasteiger partial charge in [0.2, 0.25) is 5.91 Å². The number of aromatic nitrogens is 2. The van der Waals surface area contributed by atoms with Crippen LogP contribution in [0.2, 0.25) is 0 Å². The number of hydrogen-bond acceptors (Lipinski definition) is 4. The smallest absolute Gasteiger partial charge is 0.226 e. The van der Waals surface area contributed by atoms with Crippen molar-refractivity contribution in [2.45, 2.75) is 45.4 Å². The van der Waals surface area contributed by atoms with Crippen LogP contribution in [0.25, 0.3) is 0 Å². The lowest BCUT2D eigenvalue weighted by atomic mass is 9.98. The number of aliphatic hydroxyl groups excluding tert-OH is 1. The molecule has 1 aromatic heterocycles. The summed E-state index contributed by atoms with van der Waals surface area (Å²) in [7, 11) is 0. The molecule has 0 radical (unpaired) electrons. The van der Waals surface area contributed by atoms with E-state index < -0.39 is 6.10 Å². The van der Waals surface area contributed by atoms with E-state index in [9.17, 15) is 9.90 Å². The van der Waals surface area contributed by atoms with Crippen molar-refractivity contribution >= 4 is 5.91 Å². The zero-order valence-electron chi connectivity index (χ0n) is 12.5. The first-order chi connectivity index (χ1) is 10.2. The van der Waals surface area contributed by atoms with E-state index in [1.54, 1.807) is 0 Å². The lowest BCUT2D eigenvalue weighted by Crippen LogP contribution is -2.42. The van der Waals surface area contributed by atoms with Gasteiger partial charge in [-0.25, -0.2) is 0 Å². The Morgan fingerprint density at radius 1 is 1.48 bits per heavy atom. The van der Waals surface area contributed by atoms with Crippen LogP contribution in [0.5, 0.6) is 0 Å². The number of carbonyl (C=O) groups excluding carboxylic acids is 1. The van der Waals surface area contributed by atoms with E-state index in [4.69, 9.17) is 4.74 Å². The predicted octanol–water partition coefficient (Wildman–Crippen LogP) is 1.10. The van der Waals surface area contributed by atoms with Gasteiger partial charge >= 0.3 is 0 Å². The molecule has 6 nitrogen and oxygen atoms in total. The summed E-state index contributed by atoms with van der Waals surface area (Å²) in [5.74, 6) is 0.345. The fraction of sp³-hybridized carbons (Fsp3) is 0.733. The molecule has 3 heterocycles. The third-order valence-corrected chi connectivity index (χ3v) is 4.43. The summed E-state index contributed by atoms with van der Waals surface area (Å²) in [4.78, 5) is 14.5. The van der Waals surface area contributed by atoms with Crippen molar-refractivity contribution in [2.24, 2.45) is 5.92 Å². The Bertz CT molecular complexity index is 508. The van der Waals surface area contributed by atoms with Gasteiger partial charge in [0.1, 0.15) is 0 Å². The number of rotatable bonds is 3. The van der Waals surface area contributed by atoms with Gasteiger partial charge in [-0.05, 0) is 25.3 Å². The fourth-order valence-corrected chi connectivity index (χ4v) is 3.05. The first-order valence-corrected chi connectivity index (χ1v) is 7.80. The summed E-state index contributed by atoms with van der Waals surface area (Å²) in [5, 5.41) is 14.3. The Kier molecular flexibility index (Phi) is 4.26. The Balaban J connectivity index is 1.68. The standard InChI is InChI=1S/C15H23N3O3/c1-2-14(19)13-9-12-10-17(5-6-18(12)16-13)15(20)11-3-7-21-8-4-11/h9,11,14,19H,2-8,10H2,1H3/t14-/m1/s1. The molecular weight excluding hydrogens is 270 g/mol. The van der Waals surface area contributed by atoms with E-state index in [1.807, 2.05) is 22.6 Å². The quantitative estimate of drug-likeness (QED) is 0.906. The van der Waals surface area contributed by atoms with Crippen molar-refractivity contribution in [1.29, 1.82) is 0 Å². The molecule has 0 bridgehead atoms. The fourth-order valence-electron chi connectivity index (χ4n) is 3.05. The molecular formula is C15H23N3O3. The molecule has 1 amide bonds. The van der Waals surface area contributed by atoms with Crippen LogP contribution in [0.15, 0.2) is 6.07 Å². The lowest BCUT2D eigenvalue weighted by Gasteiger charge is -2.32. The summed E-state index contributed by atoms with van der Waals surface area (Å²) in [5.41, 5.74) is 1.73. The van der Waals surface area contributed by atoms with Crippen molar-refractivity contribution in [3.63, 3.8) is 0 Å². The Morgan fingerprint density at radius 3 is 2.95 bits per heavy atom. The molecule has 6 heteroatoms. The molecule has 3 rings (SSSR count). The molecule has 116 valence electrons. The van der Waals surface area contributed by atoms with Gasteiger partial charge in [0.15, 0.2) is 0 Å². The molecule has 2 aliphatic heterocycles. The summed E-state index contributed by atoms with van der Waals surface area (Å²) in [6.07, 6.45) is 1.80. The number of carbonyl (C=O) groups is 1. The second-order valence-electron chi connectivity index (χ2n) is 5.85. The Morgan fingerprint density at radius 2 is 2.24 bits per heavy atom. The van der Waals surface area contributed by atoms with Crippen LogP contribution in [0.3, 0.4) is 0 Å². The molecule has 0 unspecified atom stereocenters. The van der Waals surface area contributed by atoms with Crippen LogP contribution < -0.4 is 0 Å². The Labute approximate surface area is 124 Å². The normalized spacial score (nSPS) is 21.1. The highest BCUT2D eigenvalue weighted by Gasteiger charge is 2.29.